The number of anilines is 2. The number of thiophene rings is 1. The second kappa shape index (κ2) is 7.64. The van der Waals surface area contributed by atoms with Crippen molar-refractivity contribution < 1.29 is 26.4 Å². The normalized spacial score (nSPS) is 11.8. The number of nitrogens with one attached hydrogen (secondary N) is 2. The van der Waals surface area contributed by atoms with Crippen LogP contribution in [-0.2, 0) is 16.2 Å². The van der Waals surface area contributed by atoms with E-state index in [-0.39, 0.29) is 15.5 Å². The second-order valence-corrected chi connectivity index (χ2v) is 8.47. The Bertz CT molecular complexity index is 1080. The SMILES string of the molecule is O=C(Nc1ccc(NS(=O)(=O)c2cccs2)c(C(F)(F)F)c1)c1ccccc1. The summed E-state index contributed by atoms with van der Waals surface area (Å²) in [6, 6.07) is 13.6. The number of hydrogen-bond acceptors (Lipinski definition) is 4. The fourth-order valence-electron chi connectivity index (χ4n) is 2.35. The van der Waals surface area contributed by atoms with Crippen molar-refractivity contribution in [2.75, 3.05) is 10.0 Å². The summed E-state index contributed by atoms with van der Waals surface area (Å²) in [7, 11) is -4.15. The molecule has 28 heavy (non-hydrogen) atoms. The van der Waals surface area contributed by atoms with Gasteiger partial charge >= 0.3 is 6.18 Å². The highest BCUT2D eigenvalue weighted by molar-refractivity contribution is 7.94. The second-order valence-electron chi connectivity index (χ2n) is 5.62. The molecule has 0 saturated carbocycles. The lowest BCUT2D eigenvalue weighted by molar-refractivity contribution is -0.136. The van der Waals surface area contributed by atoms with Gasteiger partial charge in [0.05, 0.1) is 11.3 Å². The van der Waals surface area contributed by atoms with E-state index in [9.17, 15) is 26.4 Å². The van der Waals surface area contributed by atoms with Crippen molar-refractivity contribution in [2.24, 2.45) is 0 Å². The average Bonchev–Trinajstić information content (AvgIpc) is 3.18. The van der Waals surface area contributed by atoms with Crippen LogP contribution in [-0.4, -0.2) is 14.3 Å². The van der Waals surface area contributed by atoms with Crippen LogP contribution in [0.25, 0.3) is 0 Å². The van der Waals surface area contributed by atoms with Crippen LogP contribution in [0.4, 0.5) is 24.5 Å². The molecule has 1 heterocycles. The highest BCUT2D eigenvalue weighted by atomic mass is 32.2. The number of halogens is 3. The number of alkyl halides is 3. The molecular formula is C18H13F3N2O3S2. The van der Waals surface area contributed by atoms with Crippen molar-refractivity contribution in [1.82, 2.24) is 0 Å². The zero-order valence-corrected chi connectivity index (χ0v) is 15.7. The van der Waals surface area contributed by atoms with Crippen LogP contribution in [0.2, 0.25) is 0 Å². The van der Waals surface area contributed by atoms with Gasteiger partial charge in [0.25, 0.3) is 15.9 Å². The number of hydrogen-bond donors (Lipinski definition) is 2. The molecule has 0 aliphatic carbocycles. The van der Waals surface area contributed by atoms with Gasteiger partial charge in [0, 0.05) is 11.3 Å². The van der Waals surface area contributed by atoms with Crippen LogP contribution >= 0.6 is 11.3 Å². The highest BCUT2D eigenvalue weighted by Gasteiger charge is 2.35. The lowest BCUT2D eigenvalue weighted by Gasteiger charge is -2.16. The van der Waals surface area contributed by atoms with E-state index in [1.165, 1.54) is 35.7 Å². The Morgan fingerprint density at radius 1 is 0.964 bits per heavy atom. The van der Waals surface area contributed by atoms with Gasteiger partial charge in [-0.1, -0.05) is 24.3 Å². The lowest BCUT2D eigenvalue weighted by atomic mass is 10.1. The number of benzene rings is 2. The minimum atomic E-state index is -4.83. The van der Waals surface area contributed by atoms with Gasteiger partial charge in [0.15, 0.2) is 0 Å². The third-order valence-corrected chi connectivity index (χ3v) is 6.39. The van der Waals surface area contributed by atoms with Crippen LogP contribution in [0, 0.1) is 0 Å². The summed E-state index contributed by atoms with van der Waals surface area (Å²) in [5, 5.41) is 3.88. The van der Waals surface area contributed by atoms with Gasteiger partial charge in [0.1, 0.15) is 4.21 Å². The average molecular weight is 426 g/mol. The predicted octanol–water partition coefficient (Wildman–Crippen LogP) is 4.82. The molecule has 2 aromatic carbocycles. The molecule has 3 rings (SSSR count). The standard InChI is InChI=1S/C18H13F3N2O3S2/c19-18(20,21)14-11-13(22-17(24)12-5-2-1-3-6-12)8-9-15(14)23-28(25,26)16-7-4-10-27-16/h1-11,23H,(H,22,24). The minimum absolute atomic E-state index is 0.109. The Balaban J connectivity index is 1.91. The van der Waals surface area contributed by atoms with Gasteiger partial charge in [0.2, 0.25) is 0 Å². The maximum Gasteiger partial charge on any atom is 0.418 e. The first kappa shape index (κ1) is 19.9. The van der Waals surface area contributed by atoms with E-state index in [4.69, 9.17) is 0 Å². The number of amides is 1. The van der Waals surface area contributed by atoms with Gasteiger partial charge < -0.3 is 5.32 Å². The molecule has 2 N–H and O–H groups in total. The predicted molar refractivity (Wildman–Crippen MR) is 101 cm³/mol. The maximum absolute atomic E-state index is 13.5. The molecule has 146 valence electrons. The molecule has 3 aromatic rings. The first-order valence-electron chi connectivity index (χ1n) is 7.81. The monoisotopic (exact) mass is 426 g/mol. The quantitative estimate of drug-likeness (QED) is 0.614. The molecule has 0 fully saturated rings. The number of carbonyl (C=O) groups is 1. The smallest absolute Gasteiger partial charge is 0.322 e. The highest BCUT2D eigenvalue weighted by Crippen LogP contribution is 2.37. The third-order valence-electron chi connectivity index (χ3n) is 3.62. The maximum atomic E-state index is 13.5. The first-order chi connectivity index (χ1) is 13.2. The molecule has 0 radical (unpaired) electrons. The number of carbonyl (C=O) groups excluding carboxylic acids is 1. The summed E-state index contributed by atoms with van der Waals surface area (Å²) in [4.78, 5) is 12.1. The minimum Gasteiger partial charge on any atom is -0.322 e. The molecule has 0 bridgehead atoms. The summed E-state index contributed by atoms with van der Waals surface area (Å²) in [5.74, 6) is -0.583. The third kappa shape index (κ3) is 4.52. The molecule has 0 aliphatic rings. The van der Waals surface area contributed by atoms with Crippen molar-refractivity contribution >= 4 is 38.6 Å². The van der Waals surface area contributed by atoms with Gasteiger partial charge in [-0.3, -0.25) is 9.52 Å². The van der Waals surface area contributed by atoms with Crippen molar-refractivity contribution in [3.8, 4) is 0 Å². The van der Waals surface area contributed by atoms with Crippen molar-refractivity contribution in [3.05, 3.63) is 77.2 Å². The molecule has 5 nitrogen and oxygen atoms in total. The molecular weight excluding hydrogens is 413 g/mol. The van der Waals surface area contributed by atoms with E-state index < -0.39 is 33.4 Å². The van der Waals surface area contributed by atoms with E-state index in [2.05, 4.69) is 5.32 Å². The topological polar surface area (TPSA) is 75.3 Å². The zero-order valence-electron chi connectivity index (χ0n) is 14.0. The van der Waals surface area contributed by atoms with Gasteiger partial charge in [-0.05, 0) is 41.8 Å². The first-order valence-corrected chi connectivity index (χ1v) is 10.2. The van der Waals surface area contributed by atoms with Crippen LogP contribution in [0.3, 0.4) is 0 Å². The number of sulfonamides is 1. The molecule has 0 saturated heterocycles. The Hall–Kier alpha value is -2.85. The van der Waals surface area contributed by atoms with Crippen LogP contribution in [0.5, 0.6) is 0 Å². The van der Waals surface area contributed by atoms with E-state index in [1.807, 2.05) is 4.72 Å². The summed E-state index contributed by atoms with van der Waals surface area (Å²) in [6.45, 7) is 0. The van der Waals surface area contributed by atoms with Gasteiger partial charge in [-0.15, -0.1) is 11.3 Å². The summed E-state index contributed by atoms with van der Waals surface area (Å²) in [5.41, 5.74) is -1.67. The lowest BCUT2D eigenvalue weighted by Crippen LogP contribution is -2.18. The fourth-order valence-corrected chi connectivity index (χ4v) is 4.42. The molecule has 0 aliphatic heterocycles. The Kier molecular flexibility index (Phi) is 5.43. The molecule has 0 atom stereocenters. The summed E-state index contributed by atoms with van der Waals surface area (Å²) >= 11 is 0.883. The van der Waals surface area contributed by atoms with Crippen molar-refractivity contribution in [3.63, 3.8) is 0 Å². The molecule has 1 amide bonds. The zero-order chi connectivity index (χ0) is 20.4. The van der Waals surface area contributed by atoms with E-state index in [0.29, 0.717) is 6.07 Å². The Morgan fingerprint density at radius 2 is 1.68 bits per heavy atom. The van der Waals surface area contributed by atoms with Crippen molar-refractivity contribution in [2.45, 2.75) is 10.4 Å². The van der Waals surface area contributed by atoms with E-state index in [1.54, 1.807) is 18.2 Å². The molecule has 1 aromatic heterocycles. The Morgan fingerprint density at radius 3 is 2.29 bits per heavy atom. The van der Waals surface area contributed by atoms with Gasteiger partial charge in [-0.2, -0.15) is 13.2 Å². The van der Waals surface area contributed by atoms with Crippen LogP contribution in [0.15, 0.2) is 70.3 Å². The summed E-state index contributed by atoms with van der Waals surface area (Å²) < 4.78 is 66.7. The van der Waals surface area contributed by atoms with Crippen LogP contribution < -0.4 is 10.0 Å². The van der Waals surface area contributed by atoms with E-state index >= 15 is 0 Å². The Labute approximate surface area is 162 Å². The number of rotatable bonds is 5. The molecule has 0 spiro atoms. The van der Waals surface area contributed by atoms with Crippen molar-refractivity contribution in [1.29, 1.82) is 0 Å². The molecule has 10 heteroatoms. The summed E-state index contributed by atoms with van der Waals surface area (Å²) in [6.07, 6.45) is -4.83. The fraction of sp³-hybridized carbons (Fsp3) is 0.0556. The largest absolute Gasteiger partial charge is 0.418 e. The van der Waals surface area contributed by atoms with Gasteiger partial charge in [-0.25, -0.2) is 8.42 Å². The van der Waals surface area contributed by atoms with E-state index in [0.717, 1.165) is 17.4 Å². The van der Waals surface area contributed by atoms with Crippen LogP contribution in [0.1, 0.15) is 15.9 Å². The molecule has 0 unspecified atom stereocenters.